The predicted molar refractivity (Wildman–Crippen MR) is 102 cm³/mol. The standard InChI is InChI=1S/C23H18N2/c1-4-10-18(11-5-1)16-21-17-22(19-12-6-2-7-13-19)25-23(24-21)20-14-8-3-9-15-20/h1-15,17H,16H2. The van der Waals surface area contributed by atoms with Crippen molar-refractivity contribution in [2.75, 3.05) is 0 Å². The topological polar surface area (TPSA) is 25.8 Å². The molecule has 0 fully saturated rings. The van der Waals surface area contributed by atoms with Gasteiger partial charge in [-0.05, 0) is 11.6 Å². The SMILES string of the molecule is c1ccc(Cc2cc(-c3ccccc3)nc(-c3ccccc3)n2)cc1. The molecule has 0 aliphatic carbocycles. The lowest BCUT2D eigenvalue weighted by atomic mass is 10.1. The number of nitrogens with zero attached hydrogens (tertiary/aromatic N) is 2. The average molecular weight is 322 g/mol. The summed E-state index contributed by atoms with van der Waals surface area (Å²) in [5, 5.41) is 0. The summed E-state index contributed by atoms with van der Waals surface area (Å²) < 4.78 is 0. The van der Waals surface area contributed by atoms with Crippen LogP contribution in [-0.4, -0.2) is 9.97 Å². The maximum Gasteiger partial charge on any atom is 0.160 e. The highest BCUT2D eigenvalue weighted by Crippen LogP contribution is 2.23. The zero-order valence-corrected chi connectivity index (χ0v) is 13.8. The third-order valence-electron chi connectivity index (χ3n) is 4.11. The van der Waals surface area contributed by atoms with Crippen LogP contribution in [0.1, 0.15) is 11.3 Å². The molecule has 1 heterocycles. The summed E-state index contributed by atoms with van der Waals surface area (Å²) in [5.74, 6) is 0.771. The summed E-state index contributed by atoms with van der Waals surface area (Å²) in [7, 11) is 0. The Balaban J connectivity index is 1.80. The molecule has 25 heavy (non-hydrogen) atoms. The normalized spacial score (nSPS) is 10.6. The third-order valence-corrected chi connectivity index (χ3v) is 4.11. The Labute approximate surface area is 147 Å². The number of hydrogen-bond donors (Lipinski definition) is 0. The Morgan fingerprint density at radius 2 is 1.12 bits per heavy atom. The number of rotatable bonds is 4. The second-order valence-electron chi connectivity index (χ2n) is 5.96. The van der Waals surface area contributed by atoms with Gasteiger partial charge in [-0.1, -0.05) is 91.0 Å². The fourth-order valence-corrected chi connectivity index (χ4v) is 2.87. The number of aromatic nitrogens is 2. The summed E-state index contributed by atoms with van der Waals surface area (Å²) in [5.41, 5.74) is 5.38. The van der Waals surface area contributed by atoms with E-state index in [4.69, 9.17) is 9.97 Å². The van der Waals surface area contributed by atoms with Gasteiger partial charge in [-0.15, -0.1) is 0 Å². The lowest BCUT2D eigenvalue weighted by Crippen LogP contribution is -1.99. The van der Waals surface area contributed by atoms with E-state index in [0.29, 0.717) is 0 Å². The molecule has 0 atom stereocenters. The first-order valence-corrected chi connectivity index (χ1v) is 8.41. The summed E-state index contributed by atoms with van der Waals surface area (Å²) in [4.78, 5) is 9.62. The molecule has 2 heteroatoms. The smallest absolute Gasteiger partial charge is 0.160 e. The highest BCUT2D eigenvalue weighted by atomic mass is 14.9. The molecule has 0 saturated heterocycles. The van der Waals surface area contributed by atoms with Gasteiger partial charge in [-0.25, -0.2) is 9.97 Å². The minimum Gasteiger partial charge on any atom is -0.233 e. The number of benzene rings is 3. The molecule has 0 unspecified atom stereocenters. The molecule has 0 N–H and O–H groups in total. The zero-order chi connectivity index (χ0) is 16.9. The van der Waals surface area contributed by atoms with Crippen LogP contribution in [-0.2, 0) is 6.42 Å². The second kappa shape index (κ2) is 7.10. The molecule has 0 radical (unpaired) electrons. The first-order valence-electron chi connectivity index (χ1n) is 8.41. The minimum atomic E-state index is 0.771. The van der Waals surface area contributed by atoms with Crippen LogP contribution in [0.15, 0.2) is 97.1 Å². The molecule has 120 valence electrons. The van der Waals surface area contributed by atoms with E-state index in [1.807, 2.05) is 42.5 Å². The second-order valence-corrected chi connectivity index (χ2v) is 5.96. The van der Waals surface area contributed by atoms with Crippen LogP contribution in [0.3, 0.4) is 0 Å². The summed E-state index contributed by atoms with van der Waals surface area (Å²) in [6.45, 7) is 0. The van der Waals surface area contributed by atoms with Gasteiger partial charge in [0.05, 0.1) is 5.69 Å². The van der Waals surface area contributed by atoms with E-state index in [9.17, 15) is 0 Å². The van der Waals surface area contributed by atoms with Crippen LogP contribution >= 0.6 is 0 Å². The average Bonchev–Trinajstić information content (AvgIpc) is 2.70. The highest BCUT2D eigenvalue weighted by Gasteiger charge is 2.09. The van der Waals surface area contributed by atoms with Crippen molar-refractivity contribution in [2.24, 2.45) is 0 Å². The van der Waals surface area contributed by atoms with Crippen LogP contribution in [0.5, 0.6) is 0 Å². The first-order chi connectivity index (χ1) is 12.4. The van der Waals surface area contributed by atoms with Gasteiger partial charge in [-0.3, -0.25) is 0 Å². The Morgan fingerprint density at radius 3 is 1.76 bits per heavy atom. The van der Waals surface area contributed by atoms with Crippen molar-refractivity contribution in [3.8, 4) is 22.6 Å². The van der Waals surface area contributed by atoms with Crippen molar-refractivity contribution in [2.45, 2.75) is 6.42 Å². The van der Waals surface area contributed by atoms with Crippen molar-refractivity contribution in [1.82, 2.24) is 9.97 Å². The van der Waals surface area contributed by atoms with E-state index in [0.717, 1.165) is 34.8 Å². The van der Waals surface area contributed by atoms with E-state index >= 15 is 0 Å². The largest absolute Gasteiger partial charge is 0.233 e. The van der Waals surface area contributed by atoms with Gasteiger partial charge in [0.15, 0.2) is 5.82 Å². The lowest BCUT2D eigenvalue weighted by molar-refractivity contribution is 1.04. The van der Waals surface area contributed by atoms with Crippen molar-refractivity contribution < 1.29 is 0 Å². The fourth-order valence-electron chi connectivity index (χ4n) is 2.87. The molecule has 2 nitrogen and oxygen atoms in total. The van der Waals surface area contributed by atoms with Gasteiger partial charge in [0.2, 0.25) is 0 Å². The Kier molecular flexibility index (Phi) is 4.34. The van der Waals surface area contributed by atoms with Gasteiger partial charge < -0.3 is 0 Å². The van der Waals surface area contributed by atoms with Gasteiger partial charge in [0.1, 0.15) is 0 Å². The minimum absolute atomic E-state index is 0.771. The molecular formula is C23H18N2. The third kappa shape index (κ3) is 3.64. The van der Waals surface area contributed by atoms with Gasteiger partial charge in [-0.2, -0.15) is 0 Å². The van der Waals surface area contributed by atoms with Crippen molar-refractivity contribution >= 4 is 0 Å². The van der Waals surface area contributed by atoms with Gasteiger partial charge in [0, 0.05) is 23.2 Å². The molecule has 3 aromatic carbocycles. The van der Waals surface area contributed by atoms with E-state index in [-0.39, 0.29) is 0 Å². The molecule has 0 spiro atoms. The molecule has 4 rings (SSSR count). The number of hydrogen-bond acceptors (Lipinski definition) is 2. The first kappa shape index (κ1) is 15.3. The van der Waals surface area contributed by atoms with Crippen LogP contribution in [0, 0.1) is 0 Å². The zero-order valence-electron chi connectivity index (χ0n) is 13.8. The van der Waals surface area contributed by atoms with E-state index in [1.165, 1.54) is 5.56 Å². The predicted octanol–water partition coefficient (Wildman–Crippen LogP) is 5.40. The molecule has 0 bridgehead atoms. The van der Waals surface area contributed by atoms with E-state index in [1.54, 1.807) is 0 Å². The van der Waals surface area contributed by atoms with Gasteiger partial charge >= 0.3 is 0 Å². The van der Waals surface area contributed by atoms with E-state index in [2.05, 4.69) is 54.6 Å². The Hall–Kier alpha value is -3.26. The fraction of sp³-hybridized carbons (Fsp3) is 0.0435. The maximum absolute atomic E-state index is 4.81. The Morgan fingerprint density at radius 1 is 0.560 bits per heavy atom. The van der Waals surface area contributed by atoms with Crippen molar-refractivity contribution in [3.63, 3.8) is 0 Å². The quantitative estimate of drug-likeness (QED) is 0.502. The van der Waals surface area contributed by atoms with Crippen LogP contribution < -0.4 is 0 Å². The summed E-state index contributed by atoms with van der Waals surface area (Å²) in [6.07, 6.45) is 0.795. The molecule has 1 aromatic heterocycles. The van der Waals surface area contributed by atoms with Crippen molar-refractivity contribution in [1.29, 1.82) is 0 Å². The molecule has 0 saturated carbocycles. The molecule has 4 aromatic rings. The maximum atomic E-state index is 4.81. The summed E-state index contributed by atoms with van der Waals surface area (Å²) >= 11 is 0. The Bertz CT molecular complexity index is 891. The molecule has 0 aliphatic rings. The van der Waals surface area contributed by atoms with E-state index < -0.39 is 0 Å². The lowest BCUT2D eigenvalue weighted by Gasteiger charge is -2.09. The van der Waals surface area contributed by atoms with Crippen LogP contribution in [0.4, 0.5) is 0 Å². The molecule has 0 amide bonds. The van der Waals surface area contributed by atoms with Crippen LogP contribution in [0.2, 0.25) is 0 Å². The van der Waals surface area contributed by atoms with Crippen molar-refractivity contribution in [3.05, 3.63) is 108 Å². The van der Waals surface area contributed by atoms with Gasteiger partial charge in [0.25, 0.3) is 0 Å². The summed E-state index contributed by atoms with van der Waals surface area (Å²) in [6, 6.07) is 32.9. The highest BCUT2D eigenvalue weighted by molar-refractivity contribution is 5.64. The molecule has 0 aliphatic heterocycles. The van der Waals surface area contributed by atoms with Crippen LogP contribution in [0.25, 0.3) is 22.6 Å². The molecular weight excluding hydrogens is 304 g/mol. The monoisotopic (exact) mass is 322 g/mol.